The van der Waals surface area contributed by atoms with E-state index in [1.807, 2.05) is 6.92 Å². The molecule has 0 aliphatic heterocycles. The number of nitrogens with zero attached hydrogens (tertiary/aromatic N) is 3. The Labute approximate surface area is 131 Å². The summed E-state index contributed by atoms with van der Waals surface area (Å²) in [5.74, 6) is 0. The number of halogens is 1. The van der Waals surface area contributed by atoms with Gasteiger partial charge in [-0.3, -0.25) is 10.1 Å². The number of non-ortho nitro benzene ring substituents is 1. The predicted octanol–water partition coefficient (Wildman–Crippen LogP) is 3.83. The fourth-order valence-corrected chi connectivity index (χ4v) is 3.17. The molecule has 1 N–H and O–H groups in total. The lowest BCUT2D eigenvalue weighted by molar-refractivity contribution is -0.384. The van der Waals surface area contributed by atoms with Crippen LogP contribution in [0.5, 0.6) is 0 Å². The maximum Gasteiger partial charge on any atom is 0.271 e. The summed E-state index contributed by atoms with van der Waals surface area (Å²) in [4.78, 5) is 10.4. The third kappa shape index (κ3) is 3.75. The lowest BCUT2D eigenvalue weighted by atomic mass is 10.2. The van der Waals surface area contributed by atoms with Crippen LogP contribution < -0.4 is 5.32 Å². The molecule has 1 heterocycles. The van der Waals surface area contributed by atoms with E-state index in [0.717, 1.165) is 18.0 Å². The van der Waals surface area contributed by atoms with Crippen molar-refractivity contribution in [3.05, 3.63) is 38.3 Å². The highest BCUT2D eigenvalue weighted by atomic mass is 35.5. The number of benzene rings is 1. The molecule has 1 aromatic heterocycles. The summed E-state index contributed by atoms with van der Waals surface area (Å²) in [7, 11) is 0. The standard InChI is InChI=1S/C13H15ClN4O2S/c1-3-11(15-4-2)13-17-16-12(21-13)8-5-9(14)7-10(6-8)18(19)20/h5-7,11,15H,3-4H2,1-2H3. The minimum atomic E-state index is -0.467. The van der Waals surface area contributed by atoms with Crippen LogP contribution in [0.1, 0.15) is 31.3 Å². The highest BCUT2D eigenvalue weighted by Gasteiger charge is 2.17. The summed E-state index contributed by atoms with van der Waals surface area (Å²) >= 11 is 7.35. The Balaban J connectivity index is 2.35. The van der Waals surface area contributed by atoms with Gasteiger partial charge in [0.25, 0.3) is 5.69 Å². The summed E-state index contributed by atoms with van der Waals surface area (Å²) < 4.78 is 0. The van der Waals surface area contributed by atoms with Gasteiger partial charge in [-0.2, -0.15) is 0 Å². The molecule has 0 saturated heterocycles. The predicted molar refractivity (Wildman–Crippen MR) is 83.7 cm³/mol. The van der Waals surface area contributed by atoms with E-state index < -0.39 is 4.92 Å². The average molecular weight is 327 g/mol. The van der Waals surface area contributed by atoms with Crippen molar-refractivity contribution in [2.45, 2.75) is 26.3 Å². The highest BCUT2D eigenvalue weighted by molar-refractivity contribution is 7.14. The van der Waals surface area contributed by atoms with Gasteiger partial charge in [0.05, 0.1) is 11.0 Å². The number of nitrogens with one attached hydrogen (secondary N) is 1. The van der Waals surface area contributed by atoms with Crippen molar-refractivity contribution in [2.24, 2.45) is 0 Å². The molecule has 0 fully saturated rings. The first-order valence-electron chi connectivity index (χ1n) is 6.57. The van der Waals surface area contributed by atoms with E-state index in [-0.39, 0.29) is 11.7 Å². The smallest absolute Gasteiger partial charge is 0.271 e. The van der Waals surface area contributed by atoms with Gasteiger partial charge in [-0.15, -0.1) is 10.2 Å². The van der Waals surface area contributed by atoms with Gasteiger partial charge >= 0.3 is 0 Å². The van der Waals surface area contributed by atoms with Crippen LogP contribution in [0.4, 0.5) is 5.69 Å². The van der Waals surface area contributed by atoms with Crippen molar-refractivity contribution in [1.29, 1.82) is 0 Å². The van der Waals surface area contributed by atoms with Crippen LogP contribution in [-0.4, -0.2) is 21.7 Å². The molecule has 0 aliphatic carbocycles. The first kappa shape index (κ1) is 15.8. The Morgan fingerprint density at radius 3 is 2.76 bits per heavy atom. The van der Waals surface area contributed by atoms with Gasteiger partial charge in [0.2, 0.25) is 0 Å². The van der Waals surface area contributed by atoms with Crippen molar-refractivity contribution >= 4 is 28.6 Å². The lowest BCUT2D eigenvalue weighted by Gasteiger charge is -2.10. The molecule has 1 atom stereocenters. The van der Waals surface area contributed by atoms with Gasteiger partial charge < -0.3 is 5.32 Å². The fourth-order valence-electron chi connectivity index (χ4n) is 1.95. The molecule has 0 spiro atoms. The zero-order valence-corrected chi connectivity index (χ0v) is 13.2. The number of hydrogen-bond donors (Lipinski definition) is 1. The molecule has 0 amide bonds. The molecular formula is C13H15ClN4O2S. The van der Waals surface area contributed by atoms with Gasteiger partial charge in [0.15, 0.2) is 0 Å². The van der Waals surface area contributed by atoms with E-state index in [1.165, 1.54) is 23.5 Å². The molecule has 6 nitrogen and oxygen atoms in total. The van der Waals surface area contributed by atoms with Crippen LogP contribution in [0.15, 0.2) is 18.2 Å². The van der Waals surface area contributed by atoms with E-state index >= 15 is 0 Å². The Bertz CT molecular complexity index is 647. The van der Waals surface area contributed by atoms with Gasteiger partial charge in [0.1, 0.15) is 10.0 Å². The molecule has 2 rings (SSSR count). The molecular weight excluding hydrogens is 312 g/mol. The highest BCUT2D eigenvalue weighted by Crippen LogP contribution is 2.32. The van der Waals surface area contributed by atoms with Crippen LogP contribution in [-0.2, 0) is 0 Å². The molecule has 112 valence electrons. The van der Waals surface area contributed by atoms with Gasteiger partial charge in [-0.1, -0.05) is 36.8 Å². The maximum atomic E-state index is 10.9. The van der Waals surface area contributed by atoms with Gasteiger partial charge in [0, 0.05) is 22.7 Å². The summed E-state index contributed by atoms with van der Waals surface area (Å²) in [6, 6.07) is 4.59. The zero-order chi connectivity index (χ0) is 15.4. The molecule has 8 heteroatoms. The lowest BCUT2D eigenvalue weighted by Crippen LogP contribution is -2.19. The minimum Gasteiger partial charge on any atom is -0.308 e. The largest absolute Gasteiger partial charge is 0.308 e. The number of nitro benzene ring substituents is 1. The van der Waals surface area contributed by atoms with Crippen LogP contribution in [0.25, 0.3) is 10.6 Å². The van der Waals surface area contributed by atoms with Crippen LogP contribution >= 0.6 is 22.9 Å². The first-order chi connectivity index (χ1) is 10.0. The molecule has 1 unspecified atom stereocenters. The van der Waals surface area contributed by atoms with E-state index in [4.69, 9.17) is 11.6 Å². The van der Waals surface area contributed by atoms with E-state index in [2.05, 4.69) is 22.4 Å². The van der Waals surface area contributed by atoms with E-state index in [9.17, 15) is 10.1 Å². The summed E-state index contributed by atoms with van der Waals surface area (Å²) in [6.07, 6.45) is 0.901. The molecule has 1 aromatic carbocycles. The SMILES string of the molecule is CCNC(CC)c1nnc(-c2cc(Cl)cc([N+](=O)[O-])c2)s1. The second-order valence-electron chi connectivity index (χ2n) is 4.42. The Morgan fingerprint density at radius 1 is 1.38 bits per heavy atom. The Morgan fingerprint density at radius 2 is 2.14 bits per heavy atom. The zero-order valence-electron chi connectivity index (χ0n) is 11.7. The molecule has 2 aromatic rings. The summed E-state index contributed by atoms with van der Waals surface area (Å²) in [6.45, 7) is 4.94. The topological polar surface area (TPSA) is 81.0 Å². The second-order valence-corrected chi connectivity index (χ2v) is 5.86. The molecule has 0 radical (unpaired) electrons. The molecule has 0 bridgehead atoms. The van der Waals surface area contributed by atoms with Crippen molar-refractivity contribution in [3.8, 4) is 10.6 Å². The molecule has 0 saturated carbocycles. The Kier molecular flexibility index (Phi) is 5.22. The van der Waals surface area contributed by atoms with E-state index in [0.29, 0.717) is 15.6 Å². The number of aromatic nitrogens is 2. The Hall–Kier alpha value is -1.57. The minimum absolute atomic E-state index is 0.0482. The van der Waals surface area contributed by atoms with Crippen LogP contribution in [0.3, 0.4) is 0 Å². The maximum absolute atomic E-state index is 10.9. The molecule has 21 heavy (non-hydrogen) atoms. The second kappa shape index (κ2) is 6.93. The average Bonchev–Trinajstić information content (AvgIpc) is 2.93. The summed E-state index contributed by atoms with van der Waals surface area (Å²) in [5.41, 5.74) is 0.567. The van der Waals surface area contributed by atoms with Crippen molar-refractivity contribution in [1.82, 2.24) is 15.5 Å². The number of hydrogen-bond acceptors (Lipinski definition) is 6. The molecule has 0 aliphatic rings. The van der Waals surface area contributed by atoms with Crippen molar-refractivity contribution in [2.75, 3.05) is 6.54 Å². The quantitative estimate of drug-likeness (QED) is 0.644. The van der Waals surface area contributed by atoms with Crippen LogP contribution in [0.2, 0.25) is 5.02 Å². The normalized spacial score (nSPS) is 12.3. The van der Waals surface area contributed by atoms with Crippen molar-refractivity contribution in [3.63, 3.8) is 0 Å². The van der Waals surface area contributed by atoms with Crippen molar-refractivity contribution < 1.29 is 4.92 Å². The third-order valence-corrected chi connectivity index (χ3v) is 4.24. The number of nitro groups is 1. The van der Waals surface area contributed by atoms with Crippen LogP contribution in [0, 0.1) is 10.1 Å². The fraction of sp³-hybridized carbons (Fsp3) is 0.385. The third-order valence-electron chi connectivity index (χ3n) is 2.94. The summed E-state index contributed by atoms with van der Waals surface area (Å²) in [5, 5.41) is 24.3. The monoisotopic (exact) mass is 326 g/mol. The number of rotatable bonds is 6. The van der Waals surface area contributed by atoms with Gasteiger partial charge in [-0.25, -0.2) is 0 Å². The van der Waals surface area contributed by atoms with Gasteiger partial charge in [-0.05, 0) is 19.0 Å². The first-order valence-corrected chi connectivity index (χ1v) is 7.76. The van der Waals surface area contributed by atoms with E-state index in [1.54, 1.807) is 6.07 Å².